The van der Waals surface area contributed by atoms with Crippen LogP contribution in [0.15, 0.2) is 78.9 Å². The van der Waals surface area contributed by atoms with Crippen LogP contribution in [-0.2, 0) is 5.41 Å². The van der Waals surface area contributed by atoms with Crippen molar-refractivity contribution in [3.05, 3.63) is 95.6 Å². The zero-order valence-corrected chi connectivity index (χ0v) is 16.3. The minimum absolute atomic E-state index is 0.00214. The summed E-state index contributed by atoms with van der Waals surface area (Å²) in [4.78, 5) is 13.6. The number of para-hydroxylation sites is 1. The maximum absolute atomic E-state index is 13.6. The van der Waals surface area contributed by atoms with Gasteiger partial charge in [0.1, 0.15) is 11.6 Å². The van der Waals surface area contributed by atoms with Crippen molar-refractivity contribution in [3.8, 4) is 0 Å². The summed E-state index contributed by atoms with van der Waals surface area (Å²) in [5, 5.41) is 8.57. The molecule has 0 aliphatic heterocycles. The standard InChI is InChI=1S/C24H23N3O/c1-24(2,3)19-15-13-18(14-16-19)23(28)22(17-9-5-4-6-10-17)27-21-12-8-7-11-20(21)25-26-27/h4-16,22H,1-3H3. The highest BCUT2D eigenvalue weighted by molar-refractivity contribution is 6.01. The van der Waals surface area contributed by atoms with E-state index in [4.69, 9.17) is 0 Å². The van der Waals surface area contributed by atoms with E-state index in [9.17, 15) is 4.79 Å². The van der Waals surface area contributed by atoms with E-state index >= 15 is 0 Å². The maximum Gasteiger partial charge on any atom is 0.191 e. The van der Waals surface area contributed by atoms with E-state index in [0.717, 1.165) is 16.6 Å². The third-order valence-corrected chi connectivity index (χ3v) is 5.02. The molecule has 0 saturated carbocycles. The number of hydrogen-bond donors (Lipinski definition) is 0. The van der Waals surface area contributed by atoms with Gasteiger partial charge >= 0.3 is 0 Å². The number of hydrogen-bond acceptors (Lipinski definition) is 3. The van der Waals surface area contributed by atoms with Crippen molar-refractivity contribution in [1.29, 1.82) is 0 Å². The Morgan fingerprint density at radius 1 is 0.857 bits per heavy atom. The monoisotopic (exact) mass is 369 g/mol. The molecule has 0 N–H and O–H groups in total. The first-order chi connectivity index (χ1) is 13.4. The van der Waals surface area contributed by atoms with Gasteiger partial charge in [-0.25, -0.2) is 4.68 Å². The molecule has 1 heterocycles. The van der Waals surface area contributed by atoms with Gasteiger partial charge < -0.3 is 0 Å². The van der Waals surface area contributed by atoms with E-state index in [0.29, 0.717) is 5.56 Å². The van der Waals surface area contributed by atoms with Crippen LogP contribution in [0.2, 0.25) is 0 Å². The molecule has 28 heavy (non-hydrogen) atoms. The van der Waals surface area contributed by atoms with Crippen molar-refractivity contribution in [2.45, 2.75) is 32.2 Å². The second kappa shape index (κ2) is 7.04. The Morgan fingerprint density at radius 3 is 2.18 bits per heavy atom. The summed E-state index contributed by atoms with van der Waals surface area (Å²) in [6.07, 6.45) is 0. The molecule has 1 unspecified atom stereocenters. The summed E-state index contributed by atoms with van der Waals surface area (Å²) < 4.78 is 1.73. The fourth-order valence-electron chi connectivity index (χ4n) is 3.41. The van der Waals surface area contributed by atoms with Crippen molar-refractivity contribution in [1.82, 2.24) is 15.0 Å². The number of nitrogens with zero attached hydrogens (tertiary/aromatic N) is 3. The topological polar surface area (TPSA) is 47.8 Å². The number of Topliss-reactive ketones (excluding diaryl/α,β-unsaturated/α-hetero) is 1. The van der Waals surface area contributed by atoms with E-state index in [1.165, 1.54) is 5.56 Å². The molecular weight excluding hydrogens is 346 g/mol. The number of carbonyl (C=O) groups is 1. The number of ketones is 1. The molecule has 4 heteroatoms. The van der Waals surface area contributed by atoms with Gasteiger partial charge in [-0.1, -0.05) is 92.7 Å². The molecule has 140 valence electrons. The van der Waals surface area contributed by atoms with Gasteiger partial charge in [-0.3, -0.25) is 4.79 Å². The fraction of sp³-hybridized carbons (Fsp3) is 0.208. The Hall–Kier alpha value is -3.27. The average Bonchev–Trinajstić information content (AvgIpc) is 3.12. The largest absolute Gasteiger partial charge is 0.291 e. The van der Waals surface area contributed by atoms with Crippen LogP contribution in [0.4, 0.5) is 0 Å². The van der Waals surface area contributed by atoms with E-state index in [-0.39, 0.29) is 11.2 Å². The van der Waals surface area contributed by atoms with Crippen LogP contribution in [0.1, 0.15) is 48.3 Å². The van der Waals surface area contributed by atoms with Crippen LogP contribution < -0.4 is 0 Å². The van der Waals surface area contributed by atoms with Crippen LogP contribution in [0.3, 0.4) is 0 Å². The van der Waals surface area contributed by atoms with Crippen LogP contribution in [0.25, 0.3) is 11.0 Å². The summed E-state index contributed by atoms with van der Waals surface area (Å²) >= 11 is 0. The molecule has 0 aliphatic carbocycles. The quantitative estimate of drug-likeness (QED) is 0.465. The Morgan fingerprint density at radius 2 is 1.50 bits per heavy atom. The van der Waals surface area contributed by atoms with Crippen molar-refractivity contribution in [2.24, 2.45) is 0 Å². The van der Waals surface area contributed by atoms with Gasteiger partial charge in [-0.05, 0) is 28.7 Å². The number of fused-ring (bicyclic) bond motifs is 1. The summed E-state index contributed by atoms with van der Waals surface area (Å²) in [6.45, 7) is 6.49. The predicted molar refractivity (Wildman–Crippen MR) is 112 cm³/mol. The second-order valence-corrected chi connectivity index (χ2v) is 8.03. The molecule has 4 rings (SSSR count). The summed E-state index contributed by atoms with van der Waals surface area (Å²) in [7, 11) is 0. The zero-order chi connectivity index (χ0) is 19.7. The van der Waals surface area contributed by atoms with Gasteiger partial charge in [0.15, 0.2) is 5.78 Å². The van der Waals surface area contributed by atoms with E-state index in [1.54, 1.807) is 4.68 Å². The van der Waals surface area contributed by atoms with E-state index in [1.807, 2.05) is 78.9 Å². The zero-order valence-electron chi connectivity index (χ0n) is 16.3. The Kier molecular flexibility index (Phi) is 4.55. The minimum Gasteiger partial charge on any atom is -0.291 e. The van der Waals surface area contributed by atoms with Crippen LogP contribution in [0, 0.1) is 0 Å². The lowest BCUT2D eigenvalue weighted by atomic mass is 9.86. The first-order valence-electron chi connectivity index (χ1n) is 9.45. The third kappa shape index (κ3) is 3.33. The van der Waals surface area contributed by atoms with E-state index < -0.39 is 6.04 Å². The lowest BCUT2D eigenvalue weighted by Gasteiger charge is -2.20. The SMILES string of the molecule is CC(C)(C)c1ccc(C(=O)C(c2ccccc2)n2nnc3ccccc32)cc1. The first kappa shape index (κ1) is 18.1. The van der Waals surface area contributed by atoms with Crippen molar-refractivity contribution >= 4 is 16.8 Å². The molecule has 4 nitrogen and oxygen atoms in total. The first-order valence-corrected chi connectivity index (χ1v) is 9.45. The van der Waals surface area contributed by atoms with Gasteiger partial charge in [0.25, 0.3) is 0 Å². The highest BCUT2D eigenvalue weighted by atomic mass is 16.1. The Bertz CT molecular complexity index is 1110. The molecular formula is C24H23N3O. The van der Waals surface area contributed by atoms with Gasteiger partial charge in [-0.2, -0.15) is 0 Å². The van der Waals surface area contributed by atoms with Gasteiger partial charge in [-0.15, -0.1) is 5.10 Å². The molecule has 0 bridgehead atoms. The molecule has 0 saturated heterocycles. The molecule has 4 aromatic rings. The average molecular weight is 369 g/mol. The lowest BCUT2D eigenvalue weighted by Crippen LogP contribution is -2.22. The Balaban J connectivity index is 1.81. The minimum atomic E-state index is -0.561. The lowest BCUT2D eigenvalue weighted by molar-refractivity contribution is 0.0941. The maximum atomic E-state index is 13.6. The molecule has 0 amide bonds. The van der Waals surface area contributed by atoms with Gasteiger partial charge in [0.2, 0.25) is 0 Å². The van der Waals surface area contributed by atoms with Crippen LogP contribution in [0.5, 0.6) is 0 Å². The Labute approximate surface area is 164 Å². The molecule has 1 aromatic heterocycles. The van der Waals surface area contributed by atoms with Crippen molar-refractivity contribution in [3.63, 3.8) is 0 Å². The summed E-state index contributed by atoms with van der Waals surface area (Å²) in [5.41, 5.74) is 4.43. The number of carbonyl (C=O) groups excluding carboxylic acids is 1. The van der Waals surface area contributed by atoms with E-state index in [2.05, 4.69) is 31.1 Å². The molecule has 3 aromatic carbocycles. The van der Waals surface area contributed by atoms with Crippen LogP contribution >= 0.6 is 0 Å². The summed E-state index contributed by atoms with van der Waals surface area (Å²) in [5.74, 6) is 0.00214. The summed E-state index contributed by atoms with van der Waals surface area (Å²) in [6, 6.07) is 24.8. The number of rotatable bonds is 4. The highest BCUT2D eigenvalue weighted by Crippen LogP contribution is 2.28. The van der Waals surface area contributed by atoms with Gasteiger partial charge in [0.05, 0.1) is 5.52 Å². The molecule has 0 radical (unpaired) electrons. The molecule has 0 fully saturated rings. The second-order valence-electron chi connectivity index (χ2n) is 8.03. The molecule has 0 spiro atoms. The highest BCUT2D eigenvalue weighted by Gasteiger charge is 2.27. The number of aromatic nitrogens is 3. The molecule has 1 atom stereocenters. The number of benzene rings is 3. The normalized spacial score (nSPS) is 12.8. The molecule has 0 aliphatic rings. The predicted octanol–water partition coefficient (Wildman–Crippen LogP) is 5.20. The third-order valence-electron chi connectivity index (χ3n) is 5.02. The smallest absolute Gasteiger partial charge is 0.191 e. The van der Waals surface area contributed by atoms with Gasteiger partial charge in [0, 0.05) is 5.56 Å². The van der Waals surface area contributed by atoms with Crippen molar-refractivity contribution in [2.75, 3.05) is 0 Å². The van der Waals surface area contributed by atoms with Crippen LogP contribution in [-0.4, -0.2) is 20.8 Å². The van der Waals surface area contributed by atoms with Crippen molar-refractivity contribution < 1.29 is 4.79 Å². The fourth-order valence-corrected chi connectivity index (χ4v) is 3.41.